The van der Waals surface area contributed by atoms with Gasteiger partial charge in [0.25, 0.3) is 5.91 Å². The normalized spacial score (nSPS) is 15.5. The topological polar surface area (TPSA) is 73.9 Å². The summed E-state index contributed by atoms with van der Waals surface area (Å²) in [5.41, 5.74) is 3.25. The largest absolute Gasteiger partial charge is 0.357 e. The number of anilines is 1. The molecular formula is C18H25N5O. The molecule has 1 amide bonds. The third-order valence-corrected chi connectivity index (χ3v) is 4.71. The zero-order valence-corrected chi connectivity index (χ0v) is 14.4. The van der Waals surface area contributed by atoms with Crippen LogP contribution >= 0.6 is 0 Å². The van der Waals surface area contributed by atoms with Crippen LogP contribution in [-0.4, -0.2) is 40.7 Å². The summed E-state index contributed by atoms with van der Waals surface area (Å²) < 4.78 is 0. The van der Waals surface area contributed by atoms with E-state index in [9.17, 15) is 4.79 Å². The van der Waals surface area contributed by atoms with Crippen molar-refractivity contribution in [3.63, 3.8) is 0 Å². The minimum atomic E-state index is -0.0680. The van der Waals surface area contributed by atoms with Crippen LogP contribution < -0.4 is 10.2 Å². The number of rotatable bonds is 5. The zero-order chi connectivity index (χ0) is 16.9. The lowest BCUT2D eigenvalue weighted by Gasteiger charge is -2.32. The zero-order valence-electron chi connectivity index (χ0n) is 14.4. The minimum absolute atomic E-state index is 0.0680. The monoisotopic (exact) mass is 327 g/mol. The molecule has 1 aliphatic heterocycles. The van der Waals surface area contributed by atoms with Crippen molar-refractivity contribution in [3.05, 3.63) is 41.3 Å². The third-order valence-electron chi connectivity index (χ3n) is 4.71. The van der Waals surface area contributed by atoms with Gasteiger partial charge in [0, 0.05) is 37.4 Å². The van der Waals surface area contributed by atoms with Gasteiger partial charge in [0.2, 0.25) is 0 Å². The van der Waals surface area contributed by atoms with Gasteiger partial charge >= 0.3 is 0 Å². The van der Waals surface area contributed by atoms with Crippen LogP contribution in [-0.2, 0) is 6.42 Å². The Balaban J connectivity index is 1.61. The number of carbonyl (C=O) groups excluding carboxylic acids is 1. The van der Waals surface area contributed by atoms with Crippen LogP contribution in [0.4, 0.5) is 5.82 Å². The maximum atomic E-state index is 11.8. The summed E-state index contributed by atoms with van der Waals surface area (Å²) in [7, 11) is 0. The van der Waals surface area contributed by atoms with Gasteiger partial charge in [-0.15, -0.1) is 0 Å². The molecule has 1 saturated heterocycles. The van der Waals surface area contributed by atoms with Gasteiger partial charge < -0.3 is 10.2 Å². The van der Waals surface area contributed by atoms with Gasteiger partial charge in [-0.3, -0.25) is 9.89 Å². The number of nitrogens with zero attached hydrogens (tertiary/aromatic N) is 3. The number of nitrogens with one attached hydrogen (secondary N) is 2. The standard InChI is InChI=1S/C18H25N5O/c1-3-13-12-21-22-17(13)14-7-9-23(10-8-14)16-6-5-15(11-20-16)18(24)19-4-2/h5-6,11-12,14H,3-4,7-10H2,1-2H3,(H,19,24)(H,21,22). The fourth-order valence-corrected chi connectivity index (χ4v) is 3.32. The highest BCUT2D eigenvalue weighted by molar-refractivity contribution is 5.93. The summed E-state index contributed by atoms with van der Waals surface area (Å²) in [6.07, 6.45) is 6.82. The third kappa shape index (κ3) is 3.42. The predicted octanol–water partition coefficient (Wildman–Crippen LogP) is 2.50. The van der Waals surface area contributed by atoms with E-state index in [1.54, 1.807) is 6.20 Å². The number of piperidine rings is 1. The molecule has 1 fully saturated rings. The Morgan fingerprint density at radius 2 is 2.08 bits per heavy atom. The SMILES string of the molecule is CCNC(=O)c1ccc(N2CCC(c3[nH]ncc3CC)CC2)nc1. The van der Waals surface area contributed by atoms with E-state index in [0.29, 0.717) is 18.0 Å². The Morgan fingerprint density at radius 3 is 2.71 bits per heavy atom. The summed E-state index contributed by atoms with van der Waals surface area (Å²) in [6, 6.07) is 3.79. The van der Waals surface area contributed by atoms with Crippen LogP contribution in [0.25, 0.3) is 0 Å². The molecule has 24 heavy (non-hydrogen) atoms. The molecule has 6 nitrogen and oxygen atoms in total. The van der Waals surface area contributed by atoms with Gasteiger partial charge in [0.15, 0.2) is 0 Å². The van der Waals surface area contributed by atoms with Gasteiger partial charge in [-0.1, -0.05) is 6.92 Å². The molecule has 2 N–H and O–H groups in total. The highest BCUT2D eigenvalue weighted by Crippen LogP contribution is 2.30. The molecule has 1 aliphatic rings. The molecule has 0 aromatic carbocycles. The summed E-state index contributed by atoms with van der Waals surface area (Å²) in [5.74, 6) is 1.43. The number of hydrogen-bond donors (Lipinski definition) is 2. The van der Waals surface area contributed by atoms with Crippen LogP contribution in [0.3, 0.4) is 0 Å². The lowest BCUT2D eigenvalue weighted by molar-refractivity contribution is 0.0955. The molecule has 0 unspecified atom stereocenters. The minimum Gasteiger partial charge on any atom is -0.357 e. The lowest BCUT2D eigenvalue weighted by Crippen LogP contribution is -2.34. The number of aromatic nitrogens is 3. The van der Waals surface area contributed by atoms with E-state index in [0.717, 1.165) is 38.2 Å². The van der Waals surface area contributed by atoms with Crippen molar-refractivity contribution < 1.29 is 4.79 Å². The van der Waals surface area contributed by atoms with E-state index in [1.807, 2.05) is 25.3 Å². The number of pyridine rings is 1. The van der Waals surface area contributed by atoms with Crippen molar-refractivity contribution in [2.24, 2.45) is 0 Å². The van der Waals surface area contributed by atoms with Gasteiger partial charge in [-0.2, -0.15) is 5.10 Å². The number of carbonyl (C=O) groups is 1. The second-order valence-corrected chi connectivity index (χ2v) is 6.19. The fraction of sp³-hybridized carbons (Fsp3) is 0.500. The van der Waals surface area contributed by atoms with Crippen molar-refractivity contribution in [1.82, 2.24) is 20.5 Å². The summed E-state index contributed by atoms with van der Waals surface area (Å²) >= 11 is 0. The molecule has 0 atom stereocenters. The summed E-state index contributed by atoms with van der Waals surface area (Å²) in [5, 5.41) is 10.2. The molecule has 0 spiro atoms. The Labute approximate surface area is 142 Å². The summed E-state index contributed by atoms with van der Waals surface area (Å²) in [4.78, 5) is 18.6. The molecule has 128 valence electrons. The van der Waals surface area contributed by atoms with E-state index < -0.39 is 0 Å². The van der Waals surface area contributed by atoms with Crippen molar-refractivity contribution in [1.29, 1.82) is 0 Å². The number of H-pyrrole nitrogens is 1. The second kappa shape index (κ2) is 7.47. The van der Waals surface area contributed by atoms with Gasteiger partial charge in [0.05, 0.1) is 11.8 Å². The molecule has 0 saturated carbocycles. The van der Waals surface area contributed by atoms with Gasteiger partial charge in [-0.05, 0) is 43.9 Å². The maximum Gasteiger partial charge on any atom is 0.252 e. The molecule has 0 radical (unpaired) electrons. The van der Waals surface area contributed by atoms with Crippen LogP contribution in [0, 0.1) is 0 Å². The predicted molar refractivity (Wildman–Crippen MR) is 94.4 cm³/mol. The number of aryl methyl sites for hydroxylation is 1. The van der Waals surface area contributed by atoms with Crippen LogP contribution in [0.5, 0.6) is 0 Å². The molecule has 2 aromatic heterocycles. The van der Waals surface area contributed by atoms with E-state index in [4.69, 9.17) is 0 Å². The highest BCUT2D eigenvalue weighted by Gasteiger charge is 2.24. The first-order valence-electron chi connectivity index (χ1n) is 8.74. The first-order valence-corrected chi connectivity index (χ1v) is 8.74. The Bertz CT molecular complexity index is 671. The van der Waals surface area contributed by atoms with Crippen molar-refractivity contribution in [3.8, 4) is 0 Å². The van der Waals surface area contributed by atoms with Gasteiger partial charge in [-0.25, -0.2) is 4.98 Å². The first-order chi connectivity index (χ1) is 11.7. The highest BCUT2D eigenvalue weighted by atomic mass is 16.1. The van der Waals surface area contributed by atoms with E-state index in [1.165, 1.54) is 11.3 Å². The fourth-order valence-electron chi connectivity index (χ4n) is 3.32. The molecule has 2 aromatic rings. The maximum absolute atomic E-state index is 11.8. The number of aromatic amines is 1. The van der Waals surface area contributed by atoms with Crippen LogP contribution in [0.1, 0.15) is 54.2 Å². The average Bonchev–Trinajstić information content (AvgIpc) is 3.11. The molecule has 0 aliphatic carbocycles. The molecular weight excluding hydrogens is 302 g/mol. The molecule has 6 heteroatoms. The molecule has 3 rings (SSSR count). The number of hydrogen-bond acceptors (Lipinski definition) is 4. The van der Waals surface area contributed by atoms with Crippen LogP contribution in [0.2, 0.25) is 0 Å². The van der Waals surface area contributed by atoms with Gasteiger partial charge in [0.1, 0.15) is 5.82 Å². The lowest BCUT2D eigenvalue weighted by atomic mass is 9.91. The Hall–Kier alpha value is -2.37. The quantitative estimate of drug-likeness (QED) is 0.885. The Kier molecular flexibility index (Phi) is 5.13. The number of amides is 1. The average molecular weight is 327 g/mol. The first kappa shape index (κ1) is 16.5. The van der Waals surface area contributed by atoms with E-state index >= 15 is 0 Å². The summed E-state index contributed by atoms with van der Waals surface area (Å²) in [6.45, 7) is 6.65. The second-order valence-electron chi connectivity index (χ2n) is 6.19. The Morgan fingerprint density at radius 1 is 1.29 bits per heavy atom. The van der Waals surface area contributed by atoms with E-state index in [2.05, 4.69) is 32.3 Å². The van der Waals surface area contributed by atoms with Crippen molar-refractivity contribution >= 4 is 11.7 Å². The van der Waals surface area contributed by atoms with E-state index in [-0.39, 0.29) is 5.91 Å². The smallest absolute Gasteiger partial charge is 0.252 e. The van der Waals surface area contributed by atoms with Crippen LogP contribution in [0.15, 0.2) is 24.5 Å². The van der Waals surface area contributed by atoms with Crippen molar-refractivity contribution in [2.75, 3.05) is 24.5 Å². The van der Waals surface area contributed by atoms with Crippen molar-refractivity contribution in [2.45, 2.75) is 39.0 Å². The molecule has 0 bridgehead atoms. The molecule has 3 heterocycles.